The highest BCUT2D eigenvalue weighted by Gasteiger charge is 2.31. The molecule has 1 aromatic heterocycles. The quantitative estimate of drug-likeness (QED) is 0.654. The van der Waals surface area contributed by atoms with E-state index in [1.165, 1.54) is 30.7 Å². The van der Waals surface area contributed by atoms with Gasteiger partial charge in [0.05, 0.1) is 17.8 Å². The second-order valence-corrected chi connectivity index (χ2v) is 7.87. The highest BCUT2D eigenvalue weighted by atomic mass is 32.2. The van der Waals surface area contributed by atoms with Gasteiger partial charge < -0.3 is 10.2 Å². The molecule has 0 radical (unpaired) electrons. The summed E-state index contributed by atoms with van der Waals surface area (Å²) in [5.41, 5.74) is -0.408. The fourth-order valence-electron chi connectivity index (χ4n) is 3.16. The van der Waals surface area contributed by atoms with E-state index >= 15 is 0 Å². The molecule has 2 heterocycles. The summed E-state index contributed by atoms with van der Waals surface area (Å²) in [4.78, 5) is 14.0. The predicted octanol–water partition coefficient (Wildman–Crippen LogP) is 3.50. The van der Waals surface area contributed by atoms with Gasteiger partial charge in [0.2, 0.25) is 5.91 Å². The number of thioether (sulfide) groups is 1. The largest absolute Gasteiger partial charge is 0.416 e. The summed E-state index contributed by atoms with van der Waals surface area (Å²) < 4.78 is 41.1. The predicted molar refractivity (Wildman–Crippen MR) is 105 cm³/mol. The third kappa shape index (κ3) is 5.72. The van der Waals surface area contributed by atoms with Crippen molar-refractivity contribution in [3.63, 3.8) is 0 Å². The number of nitrogens with zero attached hydrogens (tertiary/aromatic N) is 4. The molecule has 1 aromatic carbocycles. The molecule has 2 aromatic rings. The van der Waals surface area contributed by atoms with E-state index in [4.69, 9.17) is 0 Å². The molecular formula is C19H24F3N5OS. The van der Waals surface area contributed by atoms with Crippen LogP contribution in [0.5, 0.6) is 0 Å². The minimum atomic E-state index is -4.44. The molecule has 0 bridgehead atoms. The second kappa shape index (κ2) is 9.62. The van der Waals surface area contributed by atoms with Gasteiger partial charge in [-0.2, -0.15) is 13.2 Å². The maximum Gasteiger partial charge on any atom is 0.416 e. The first kappa shape index (κ1) is 21.6. The van der Waals surface area contributed by atoms with E-state index in [9.17, 15) is 18.0 Å². The fraction of sp³-hybridized carbons (Fsp3) is 0.526. The van der Waals surface area contributed by atoms with Crippen LogP contribution < -0.4 is 5.32 Å². The zero-order valence-electron chi connectivity index (χ0n) is 16.2. The minimum absolute atomic E-state index is 0.0998. The van der Waals surface area contributed by atoms with Crippen LogP contribution in [0.4, 0.5) is 13.2 Å². The minimum Gasteiger partial charge on any atom is -0.349 e. The number of carbonyl (C=O) groups excluding carboxylic acids is 1. The monoisotopic (exact) mass is 427 g/mol. The summed E-state index contributed by atoms with van der Waals surface area (Å²) in [7, 11) is 0. The van der Waals surface area contributed by atoms with Gasteiger partial charge in [-0.15, -0.1) is 10.2 Å². The number of nitrogens with one attached hydrogen (secondary N) is 1. The smallest absolute Gasteiger partial charge is 0.349 e. The topological polar surface area (TPSA) is 63.1 Å². The summed E-state index contributed by atoms with van der Waals surface area (Å²) >= 11 is 1.46. The maximum atomic E-state index is 13.2. The Labute approximate surface area is 171 Å². The van der Waals surface area contributed by atoms with Gasteiger partial charge in [-0.25, -0.2) is 0 Å². The van der Waals surface area contributed by atoms with Gasteiger partial charge in [0.1, 0.15) is 0 Å². The molecule has 0 atom stereocenters. The maximum absolute atomic E-state index is 13.2. The van der Waals surface area contributed by atoms with Gasteiger partial charge in [0.25, 0.3) is 0 Å². The van der Waals surface area contributed by atoms with E-state index in [0.29, 0.717) is 23.1 Å². The van der Waals surface area contributed by atoms with Crippen LogP contribution in [0, 0.1) is 0 Å². The first-order chi connectivity index (χ1) is 13.9. The number of alkyl halides is 3. The average Bonchev–Trinajstić information content (AvgIpc) is 3.35. The number of halogens is 3. The van der Waals surface area contributed by atoms with Crippen LogP contribution in [0.3, 0.4) is 0 Å². The second-order valence-electron chi connectivity index (χ2n) is 6.81. The lowest BCUT2D eigenvalue weighted by Gasteiger charge is -2.15. The normalized spacial score (nSPS) is 15.0. The first-order valence-corrected chi connectivity index (χ1v) is 10.6. The molecule has 0 aliphatic carbocycles. The van der Waals surface area contributed by atoms with Crippen LogP contribution in [0.1, 0.15) is 37.6 Å². The van der Waals surface area contributed by atoms with Crippen molar-refractivity contribution in [1.82, 2.24) is 25.0 Å². The van der Waals surface area contributed by atoms with Crippen LogP contribution in [-0.4, -0.2) is 51.0 Å². The Bertz CT molecular complexity index is 833. The number of hydrogen-bond acceptors (Lipinski definition) is 5. The number of hydrogen-bond donors (Lipinski definition) is 1. The summed E-state index contributed by atoms with van der Waals surface area (Å²) in [6.45, 7) is 4.88. The summed E-state index contributed by atoms with van der Waals surface area (Å²) in [5.74, 6) is 1.000. The zero-order chi connectivity index (χ0) is 20.9. The number of benzene rings is 1. The Morgan fingerprint density at radius 2 is 2.00 bits per heavy atom. The Morgan fingerprint density at radius 1 is 1.24 bits per heavy atom. The molecule has 3 rings (SSSR count). The Morgan fingerprint density at radius 3 is 2.69 bits per heavy atom. The van der Waals surface area contributed by atoms with Crippen molar-refractivity contribution in [2.45, 2.75) is 44.1 Å². The van der Waals surface area contributed by atoms with Crippen molar-refractivity contribution < 1.29 is 18.0 Å². The first-order valence-electron chi connectivity index (χ1n) is 9.62. The fourth-order valence-corrected chi connectivity index (χ4v) is 4.13. The molecule has 1 aliphatic rings. The SMILES string of the molecule is CCC(=O)NCc1nnc(SCCN2CCCC2)n1-c1cccc(C(F)(F)F)c1. The molecular weight excluding hydrogens is 403 g/mol. The number of rotatable bonds is 8. The highest BCUT2D eigenvalue weighted by Crippen LogP contribution is 2.31. The summed E-state index contributed by atoms with van der Waals surface area (Å²) in [6.07, 6.45) is -1.72. The van der Waals surface area contributed by atoms with Crippen LogP contribution in [-0.2, 0) is 17.5 Å². The van der Waals surface area contributed by atoms with Crippen molar-refractivity contribution in [1.29, 1.82) is 0 Å². The van der Waals surface area contributed by atoms with Crippen molar-refractivity contribution >= 4 is 17.7 Å². The third-order valence-electron chi connectivity index (χ3n) is 4.73. The Hall–Kier alpha value is -2.07. The van der Waals surface area contributed by atoms with Crippen molar-refractivity contribution in [3.05, 3.63) is 35.7 Å². The lowest BCUT2D eigenvalue weighted by Crippen LogP contribution is -2.24. The van der Waals surface area contributed by atoms with Gasteiger partial charge in [0.15, 0.2) is 11.0 Å². The molecule has 0 spiro atoms. The number of carbonyl (C=O) groups is 1. The molecule has 0 unspecified atom stereocenters. The molecule has 1 amide bonds. The average molecular weight is 427 g/mol. The van der Waals surface area contributed by atoms with Crippen molar-refractivity contribution in [2.75, 3.05) is 25.4 Å². The van der Waals surface area contributed by atoms with E-state index < -0.39 is 11.7 Å². The van der Waals surface area contributed by atoms with Gasteiger partial charge in [0, 0.05) is 18.7 Å². The van der Waals surface area contributed by atoms with Gasteiger partial charge in [-0.05, 0) is 44.1 Å². The summed E-state index contributed by atoms with van der Waals surface area (Å²) in [6, 6.07) is 5.07. The Kier molecular flexibility index (Phi) is 7.18. The number of amides is 1. The lowest BCUT2D eigenvalue weighted by molar-refractivity contribution is -0.137. The molecule has 10 heteroatoms. The van der Waals surface area contributed by atoms with E-state index in [-0.39, 0.29) is 12.5 Å². The van der Waals surface area contributed by atoms with Gasteiger partial charge in [-0.1, -0.05) is 24.8 Å². The van der Waals surface area contributed by atoms with E-state index in [1.807, 2.05) is 0 Å². The third-order valence-corrected chi connectivity index (χ3v) is 5.64. The lowest BCUT2D eigenvalue weighted by atomic mass is 10.2. The summed E-state index contributed by atoms with van der Waals surface area (Å²) in [5, 5.41) is 11.5. The van der Waals surface area contributed by atoms with Crippen LogP contribution in [0.15, 0.2) is 29.4 Å². The molecule has 0 saturated carbocycles. The van der Waals surface area contributed by atoms with Crippen molar-refractivity contribution in [2.24, 2.45) is 0 Å². The van der Waals surface area contributed by atoms with Crippen LogP contribution in [0.25, 0.3) is 5.69 Å². The van der Waals surface area contributed by atoms with E-state index in [2.05, 4.69) is 20.4 Å². The van der Waals surface area contributed by atoms with E-state index in [0.717, 1.165) is 37.5 Å². The molecule has 1 aliphatic heterocycles. The molecule has 6 nitrogen and oxygen atoms in total. The molecule has 29 heavy (non-hydrogen) atoms. The Balaban J connectivity index is 1.84. The van der Waals surface area contributed by atoms with Gasteiger partial charge >= 0.3 is 6.18 Å². The molecule has 1 N–H and O–H groups in total. The van der Waals surface area contributed by atoms with Crippen LogP contribution in [0.2, 0.25) is 0 Å². The number of aromatic nitrogens is 3. The van der Waals surface area contributed by atoms with E-state index in [1.54, 1.807) is 17.6 Å². The van der Waals surface area contributed by atoms with Gasteiger partial charge in [-0.3, -0.25) is 9.36 Å². The highest BCUT2D eigenvalue weighted by molar-refractivity contribution is 7.99. The van der Waals surface area contributed by atoms with Crippen LogP contribution >= 0.6 is 11.8 Å². The molecule has 158 valence electrons. The molecule has 1 fully saturated rings. The van der Waals surface area contributed by atoms with Crippen molar-refractivity contribution in [3.8, 4) is 5.69 Å². The number of likely N-dealkylation sites (tertiary alicyclic amines) is 1. The standard InChI is InChI=1S/C19H24F3N5OS/c1-2-17(28)23-13-16-24-25-18(29-11-10-26-8-3-4-9-26)27(16)15-7-5-6-14(12-15)19(20,21)22/h5-7,12H,2-4,8-11,13H2,1H3,(H,23,28). The zero-order valence-corrected chi connectivity index (χ0v) is 17.0. The molecule has 1 saturated heterocycles.